The standard InChI is InChI=1S/C67H41N3O2/c1-66(2)52-23-10-6-19-43(52)46-29-28-42(34-55(46)66)65-69-63(38-15-4-3-5-16-38)68-64(70-65)41-18-14-17-39(33-41)40-27-30-49-59(35-40)72-58-32-31-48-50-36-51-47-22-9-13-26-57(47)71-60(51)37-56(50)67(62(48)61(49)58)53-24-11-7-20-44(53)45-21-8-12-25-54(45)67/h3-37H,1-2H3. The molecule has 3 heterocycles. The molecule has 3 aliphatic carbocycles. The molecule has 0 saturated heterocycles. The van der Waals surface area contributed by atoms with Crippen molar-refractivity contribution >= 4 is 43.9 Å². The van der Waals surface area contributed by atoms with Crippen molar-refractivity contribution in [3.63, 3.8) is 0 Å². The summed E-state index contributed by atoms with van der Waals surface area (Å²) in [4.78, 5) is 15.5. The Hall–Kier alpha value is -9.19. The van der Waals surface area contributed by atoms with Crippen LogP contribution in [0.3, 0.4) is 0 Å². The second-order valence-corrected chi connectivity index (χ2v) is 20.2. The van der Waals surface area contributed by atoms with Gasteiger partial charge in [0.15, 0.2) is 17.5 Å². The molecule has 0 aliphatic heterocycles. The maximum Gasteiger partial charge on any atom is 0.164 e. The van der Waals surface area contributed by atoms with Crippen molar-refractivity contribution in [2.24, 2.45) is 0 Å². The number of benzene rings is 10. The molecule has 1 spiro atoms. The van der Waals surface area contributed by atoms with Gasteiger partial charge in [0.05, 0.1) is 5.41 Å². The van der Waals surface area contributed by atoms with E-state index in [4.69, 9.17) is 23.8 Å². The van der Waals surface area contributed by atoms with E-state index in [0.29, 0.717) is 17.5 Å². The van der Waals surface area contributed by atoms with Gasteiger partial charge in [-0.1, -0.05) is 178 Å². The van der Waals surface area contributed by atoms with Gasteiger partial charge in [0.2, 0.25) is 0 Å². The average Bonchev–Trinajstić information content (AvgIpc) is 4.22. The molecule has 0 saturated carbocycles. The molecule has 3 aromatic heterocycles. The van der Waals surface area contributed by atoms with Crippen LogP contribution in [0.25, 0.3) is 123 Å². The van der Waals surface area contributed by atoms with Crippen molar-refractivity contribution < 1.29 is 8.83 Å². The molecule has 0 unspecified atom stereocenters. The van der Waals surface area contributed by atoms with Crippen molar-refractivity contribution in [2.45, 2.75) is 24.7 Å². The Balaban J connectivity index is 0.857. The van der Waals surface area contributed by atoms with E-state index in [1.54, 1.807) is 0 Å². The van der Waals surface area contributed by atoms with Gasteiger partial charge in [-0.25, -0.2) is 15.0 Å². The monoisotopic (exact) mass is 919 g/mol. The highest BCUT2D eigenvalue weighted by molar-refractivity contribution is 6.16. The van der Waals surface area contributed by atoms with Gasteiger partial charge in [-0.15, -0.1) is 0 Å². The molecule has 16 rings (SSSR count). The zero-order chi connectivity index (χ0) is 47.5. The zero-order valence-corrected chi connectivity index (χ0v) is 39.4. The van der Waals surface area contributed by atoms with Gasteiger partial charge in [-0.05, 0) is 126 Å². The first kappa shape index (κ1) is 39.6. The minimum atomic E-state index is -0.600. The van der Waals surface area contributed by atoms with Crippen LogP contribution in [0.5, 0.6) is 0 Å². The Labute approximate surface area is 414 Å². The molecule has 0 atom stereocenters. The van der Waals surface area contributed by atoms with Crippen molar-refractivity contribution in [1.82, 2.24) is 15.0 Å². The Bertz CT molecular complexity index is 4450. The van der Waals surface area contributed by atoms with Crippen LogP contribution in [0.2, 0.25) is 0 Å². The molecule has 336 valence electrons. The molecule has 0 radical (unpaired) electrons. The fraction of sp³-hybridized carbons (Fsp3) is 0.0597. The number of furan rings is 2. The molecular formula is C67H41N3O2. The summed E-state index contributed by atoms with van der Waals surface area (Å²) in [5.74, 6) is 1.89. The van der Waals surface area contributed by atoms with Gasteiger partial charge < -0.3 is 8.83 Å². The lowest BCUT2D eigenvalue weighted by Crippen LogP contribution is -2.26. The Morgan fingerprint density at radius 3 is 1.64 bits per heavy atom. The minimum absolute atomic E-state index is 0.155. The second-order valence-electron chi connectivity index (χ2n) is 20.2. The zero-order valence-electron chi connectivity index (χ0n) is 39.4. The lowest BCUT2D eigenvalue weighted by Gasteiger charge is -2.31. The van der Waals surface area contributed by atoms with E-state index in [2.05, 4.69) is 202 Å². The van der Waals surface area contributed by atoms with Gasteiger partial charge in [0.25, 0.3) is 0 Å². The largest absolute Gasteiger partial charge is 0.456 e. The molecule has 0 amide bonds. The minimum Gasteiger partial charge on any atom is -0.456 e. The molecule has 13 aromatic rings. The van der Waals surface area contributed by atoms with Crippen LogP contribution in [0.4, 0.5) is 0 Å². The third-order valence-electron chi connectivity index (χ3n) is 16.1. The third-order valence-corrected chi connectivity index (χ3v) is 16.1. The Morgan fingerprint density at radius 2 is 0.861 bits per heavy atom. The van der Waals surface area contributed by atoms with E-state index >= 15 is 0 Å². The molecule has 10 aromatic carbocycles. The molecule has 0 bridgehead atoms. The van der Waals surface area contributed by atoms with Gasteiger partial charge in [0, 0.05) is 43.7 Å². The highest BCUT2D eigenvalue weighted by atomic mass is 16.3. The average molecular weight is 920 g/mol. The van der Waals surface area contributed by atoms with Crippen LogP contribution in [0, 0.1) is 0 Å². The summed E-state index contributed by atoms with van der Waals surface area (Å²) in [6, 6.07) is 76.2. The van der Waals surface area contributed by atoms with Crippen LogP contribution in [0.15, 0.2) is 221 Å². The summed E-state index contributed by atoms with van der Waals surface area (Å²) in [5.41, 5.74) is 22.8. The highest BCUT2D eigenvalue weighted by Gasteiger charge is 2.53. The van der Waals surface area contributed by atoms with E-state index in [0.717, 1.165) is 71.7 Å². The Morgan fingerprint density at radius 1 is 0.306 bits per heavy atom. The van der Waals surface area contributed by atoms with Gasteiger partial charge >= 0.3 is 0 Å². The third kappa shape index (κ3) is 5.24. The van der Waals surface area contributed by atoms with Crippen molar-refractivity contribution in [1.29, 1.82) is 0 Å². The first-order chi connectivity index (χ1) is 35.4. The van der Waals surface area contributed by atoms with E-state index in [1.807, 2.05) is 24.3 Å². The molecule has 72 heavy (non-hydrogen) atoms. The summed E-state index contributed by atoms with van der Waals surface area (Å²) in [7, 11) is 0. The Kier molecular flexibility index (Phi) is 7.82. The number of hydrogen-bond acceptors (Lipinski definition) is 5. The maximum atomic E-state index is 7.00. The quantitative estimate of drug-likeness (QED) is 0.176. The van der Waals surface area contributed by atoms with Gasteiger partial charge in [0.1, 0.15) is 22.3 Å². The predicted molar refractivity (Wildman–Crippen MR) is 290 cm³/mol. The van der Waals surface area contributed by atoms with E-state index in [1.165, 1.54) is 66.8 Å². The van der Waals surface area contributed by atoms with E-state index < -0.39 is 5.41 Å². The van der Waals surface area contributed by atoms with Gasteiger partial charge in [-0.2, -0.15) is 0 Å². The van der Waals surface area contributed by atoms with E-state index in [-0.39, 0.29) is 5.41 Å². The number of nitrogens with zero attached hydrogens (tertiary/aromatic N) is 3. The van der Waals surface area contributed by atoms with E-state index in [9.17, 15) is 0 Å². The SMILES string of the molecule is CC1(C)c2ccccc2-c2ccc(-c3nc(-c4ccccc4)nc(-c4cccc(-c5ccc6c(c5)oc5ccc7c(c56)C5(c6ccccc6-c6ccccc65)c5cc6oc8ccccc8c6cc5-7)c4)n3)cc21. The normalized spacial score (nSPS) is 14.2. The number of hydrogen-bond donors (Lipinski definition) is 0. The lowest BCUT2D eigenvalue weighted by molar-refractivity contribution is 0.660. The summed E-state index contributed by atoms with van der Waals surface area (Å²) in [5, 5.41) is 4.47. The van der Waals surface area contributed by atoms with Crippen LogP contribution >= 0.6 is 0 Å². The first-order valence-corrected chi connectivity index (χ1v) is 24.7. The fourth-order valence-corrected chi connectivity index (χ4v) is 12.9. The molecule has 5 nitrogen and oxygen atoms in total. The summed E-state index contributed by atoms with van der Waals surface area (Å²) >= 11 is 0. The van der Waals surface area contributed by atoms with Crippen LogP contribution in [0.1, 0.15) is 47.2 Å². The lowest BCUT2D eigenvalue weighted by atomic mass is 9.69. The molecule has 3 aliphatic rings. The molecular weight excluding hydrogens is 879 g/mol. The van der Waals surface area contributed by atoms with Crippen LogP contribution < -0.4 is 0 Å². The predicted octanol–water partition coefficient (Wildman–Crippen LogP) is 17.0. The molecule has 0 N–H and O–H groups in total. The van der Waals surface area contributed by atoms with Crippen molar-refractivity contribution in [3.8, 4) is 78.7 Å². The number of fused-ring (bicyclic) bond motifs is 20. The smallest absolute Gasteiger partial charge is 0.164 e. The molecule has 0 fully saturated rings. The van der Waals surface area contributed by atoms with Crippen LogP contribution in [-0.4, -0.2) is 15.0 Å². The maximum absolute atomic E-state index is 7.00. The fourth-order valence-electron chi connectivity index (χ4n) is 12.9. The highest BCUT2D eigenvalue weighted by Crippen LogP contribution is 2.65. The number of aromatic nitrogens is 3. The van der Waals surface area contributed by atoms with Crippen LogP contribution in [-0.2, 0) is 10.8 Å². The second kappa shape index (κ2) is 14.2. The summed E-state index contributed by atoms with van der Waals surface area (Å²) in [6.07, 6.45) is 0. The summed E-state index contributed by atoms with van der Waals surface area (Å²) in [6.45, 7) is 4.61. The molecule has 5 heteroatoms. The summed E-state index contributed by atoms with van der Waals surface area (Å²) < 4.78 is 13.6. The topological polar surface area (TPSA) is 65.0 Å². The number of rotatable bonds is 4. The first-order valence-electron chi connectivity index (χ1n) is 24.7. The van der Waals surface area contributed by atoms with Crippen molar-refractivity contribution in [2.75, 3.05) is 0 Å². The van der Waals surface area contributed by atoms with Gasteiger partial charge in [-0.3, -0.25) is 0 Å². The number of para-hydroxylation sites is 1. The van der Waals surface area contributed by atoms with Crippen molar-refractivity contribution in [3.05, 3.63) is 246 Å².